The molecule has 2 rings (SSSR count). The van der Waals surface area contributed by atoms with Crippen LogP contribution in [0.2, 0.25) is 0 Å². The summed E-state index contributed by atoms with van der Waals surface area (Å²) in [6.07, 6.45) is 3.33. The molecule has 20 heavy (non-hydrogen) atoms. The average Bonchev–Trinajstić information content (AvgIpc) is 3.18. The van der Waals surface area contributed by atoms with Crippen LogP contribution in [0.25, 0.3) is 0 Å². The Bertz CT molecular complexity index is 547. The third kappa shape index (κ3) is 3.31. The molecule has 0 aromatic heterocycles. The topological polar surface area (TPSA) is 59.3 Å². The van der Waals surface area contributed by atoms with Crippen molar-refractivity contribution in [3.63, 3.8) is 0 Å². The lowest BCUT2D eigenvalue weighted by molar-refractivity contribution is 0.112. The van der Waals surface area contributed by atoms with E-state index in [-0.39, 0.29) is 5.41 Å². The van der Waals surface area contributed by atoms with E-state index in [4.69, 9.17) is 14.7 Å². The molecule has 0 heterocycles. The molecule has 0 saturated heterocycles. The van der Waals surface area contributed by atoms with Gasteiger partial charge in [0.05, 0.1) is 23.8 Å². The Hall–Kier alpha value is -1.54. The van der Waals surface area contributed by atoms with Crippen LogP contribution in [0.1, 0.15) is 36.5 Å². The number of carbonyl (C=O) groups excluding carboxylic acids is 1. The van der Waals surface area contributed by atoms with Crippen LogP contribution in [0.3, 0.4) is 0 Å². The van der Waals surface area contributed by atoms with E-state index in [1.165, 1.54) is 0 Å². The van der Waals surface area contributed by atoms with Crippen molar-refractivity contribution in [2.75, 3.05) is 13.2 Å². The zero-order valence-electron chi connectivity index (χ0n) is 11.3. The molecule has 4 nitrogen and oxygen atoms in total. The van der Waals surface area contributed by atoms with Crippen molar-refractivity contribution in [2.45, 2.75) is 26.2 Å². The summed E-state index contributed by atoms with van der Waals surface area (Å²) in [6.45, 7) is 2.87. The SMILES string of the molecule is CCOc1cc(C=O)cc(Br)c1OCC1(CC#N)CC1. The highest BCUT2D eigenvalue weighted by atomic mass is 79.9. The number of hydrogen-bond acceptors (Lipinski definition) is 4. The molecule has 1 fully saturated rings. The summed E-state index contributed by atoms with van der Waals surface area (Å²) in [5, 5.41) is 8.82. The molecular weight excluding hydrogens is 322 g/mol. The smallest absolute Gasteiger partial charge is 0.175 e. The van der Waals surface area contributed by atoms with Gasteiger partial charge in [0.25, 0.3) is 0 Å². The van der Waals surface area contributed by atoms with Gasteiger partial charge in [-0.1, -0.05) is 0 Å². The number of nitrogens with zero attached hydrogens (tertiary/aromatic N) is 1. The first-order valence-corrected chi connectivity index (χ1v) is 7.35. The number of hydrogen-bond donors (Lipinski definition) is 0. The molecule has 1 aliphatic carbocycles. The van der Waals surface area contributed by atoms with Crippen LogP contribution in [-0.4, -0.2) is 19.5 Å². The van der Waals surface area contributed by atoms with Crippen molar-refractivity contribution in [2.24, 2.45) is 5.41 Å². The number of rotatable bonds is 7. The van der Waals surface area contributed by atoms with E-state index < -0.39 is 0 Å². The largest absolute Gasteiger partial charge is 0.490 e. The maximum absolute atomic E-state index is 10.9. The number of ether oxygens (including phenoxy) is 2. The first-order chi connectivity index (χ1) is 9.64. The molecule has 0 amide bonds. The van der Waals surface area contributed by atoms with Crippen molar-refractivity contribution in [1.29, 1.82) is 5.26 Å². The predicted molar refractivity (Wildman–Crippen MR) is 78.1 cm³/mol. The zero-order chi connectivity index (χ0) is 14.6. The third-order valence-electron chi connectivity index (χ3n) is 3.40. The predicted octanol–water partition coefficient (Wildman–Crippen LogP) is 3.73. The molecule has 0 spiro atoms. The number of carbonyl (C=O) groups is 1. The lowest BCUT2D eigenvalue weighted by Crippen LogP contribution is -2.13. The Balaban J connectivity index is 2.17. The summed E-state index contributed by atoms with van der Waals surface area (Å²) in [7, 11) is 0. The van der Waals surface area contributed by atoms with Gasteiger partial charge < -0.3 is 9.47 Å². The molecule has 0 unspecified atom stereocenters. The van der Waals surface area contributed by atoms with E-state index >= 15 is 0 Å². The molecule has 0 aliphatic heterocycles. The molecule has 0 bridgehead atoms. The van der Waals surface area contributed by atoms with Gasteiger partial charge in [0.15, 0.2) is 11.5 Å². The van der Waals surface area contributed by atoms with Crippen molar-refractivity contribution in [3.8, 4) is 17.6 Å². The van der Waals surface area contributed by atoms with Gasteiger partial charge in [0.1, 0.15) is 6.29 Å². The van der Waals surface area contributed by atoms with E-state index in [0.29, 0.717) is 41.2 Å². The van der Waals surface area contributed by atoms with Crippen LogP contribution in [0.5, 0.6) is 11.5 Å². The second-order valence-electron chi connectivity index (χ2n) is 5.00. The highest BCUT2D eigenvalue weighted by Gasteiger charge is 2.43. The second-order valence-corrected chi connectivity index (χ2v) is 5.86. The average molecular weight is 338 g/mol. The first-order valence-electron chi connectivity index (χ1n) is 6.55. The molecule has 1 aromatic carbocycles. The number of halogens is 1. The minimum Gasteiger partial charge on any atom is -0.490 e. The fourth-order valence-corrected chi connectivity index (χ4v) is 2.58. The van der Waals surface area contributed by atoms with Gasteiger partial charge in [-0.15, -0.1) is 0 Å². The normalized spacial score (nSPS) is 15.2. The maximum atomic E-state index is 10.9. The number of aldehydes is 1. The molecule has 0 radical (unpaired) electrons. The highest BCUT2D eigenvalue weighted by Crippen LogP contribution is 2.49. The Labute approximate surface area is 126 Å². The van der Waals surface area contributed by atoms with Gasteiger partial charge in [-0.25, -0.2) is 0 Å². The van der Waals surface area contributed by atoms with Crippen LogP contribution < -0.4 is 9.47 Å². The van der Waals surface area contributed by atoms with Gasteiger partial charge in [-0.05, 0) is 47.8 Å². The molecule has 1 aliphatic rings. The van der Waals surface area contributed by atoms with Crippen LogP contribution in [0.4, 0.5) is 0 Å². The van der Waals surface area contributed by atoms with Crippen LogP contribution in [-0.2, 0) is 0 Å². The van der Waals surface area contributed by atoms with Crippen molar-refractivity contribution < 1.29 is 14.3 Å². The summed E-state index contributed by atoms with van der Waals surface area (Å²) in [4.78, 5) is 10.9. The highest BCUT2D eigenvalue weighted by molar-refractivity contribution is 9.10. The summed E-state index contributed by atoms with van der Waals surface area (Å²) in [5.74, 6) is 1.15. The van der Waals surface area contributed by atoms with E-state index in [1.807, 2.05) is 6.92 Å². The molecular formula is C15H16BrNO3. The standard InChI is InChI=1S/C15H16BrNO3/c1-2-19-13-8-11(9-18)7-12(16)14(13)20-10-15(3-4-15)5-6-17/h7-9H,2-5,10H2,1H3. The molecule has 1 aromatic rings. The van der Waals surface area contributed by atoms with Gasteiger partial charge in [-0.2, -0.15) is 5.26 Å². The van der Waals surface area contributed by atoms with Crippen molar-refractivity contribution >= 4 is 22.2 Å². The minimum atomic E-state index is 0.000997. The molecule has 0 N–H and O–H groups in total. The van der Waals surface area contributed by atoms with E-state index in [2.05, 4.69) is 22.0 Å². The molecule has 1 saturated carbocycles. The Kier molecular flexibility index (Phi) is 4.66. The van der Waals surface area contributed by atoms with Crippen molar-refractivity contribution in [3.05, 3.63) is 22.2 Å². The quantitative estimate of drug-likeness (QED) is 0.711. The fourth-order valence-electron chi connectivity index (χ4n) is 2.00. The van der Waals surface area contributed by atoms with Crippen LogP contribution in [0, 0.1) is 16.7 Å². The lowest BCUT2D eigenvalue weighted by Gasteiger charge is -2.17. The lowest BCUT2D eigenvalue weighted by atomic mass is 10.1. The monoisotopic (exact) mass is 337 g/mol. The minimum absolute atomic E-state index is 0.000997. The molecule has 106 valence electrons. The molecule has 0 atom stereocenters. The zero-order valence-corrected chi connectivity index (χ0v) is 12.9. The van der Waals surface area contributed by atoms with Crippen LogP contribution >= 0.6 is 15.9 Å². The van der Waals surface area contributed by atoms with Gasteiger partial charge >= 0.3 is 0 Å². The summed E-state index contributed by atoms with van der Waals surface area (Å²) < 4.78 is 12.1. The fraction of sp³-hybridized carbons (Fsp3) is 0.467. The van der Waals surface area contributed by atoms with Gasteiger partial charge in [0.2, 0.25) is 0 Å². The second kappa shape index (κ2) is 6.27. The van der Waals surface area contributed by atoms with Crippen LogP contribution in [0.15, 0.2) is 16.6 Å². The Morgan fingerprint density at radius 3 is 2.75 bits per heavy atom. The summed E-state index contributed by atoms with van der Waals surface area (Å²) >= 11 is 3.41. The Morgan fingerprint density at radius 1 is 1.45 bits per heavy atom. The van der Waals surface area contributed by atoms with E-state index in [9.17, 15) is 4.79 Å². The number of nitriles is 1. The molecule has 5 heteroatoms. The summed E-state index contributed by atoms with van der Waals surface area (Å²) in [6, 6.07) is 5.58. The number of benzene rings is 1. The van der Waals surface area contributed by atoms with Gasteiger partial charge in [0, 0.05) is 17.4 Å². The van der Waals surface area contributed by atoms with E-state index in [1.54, 1.807) is 12.1 Å². The van der Waals surface area contributed by atoms with Crippen molar-refractivity contribution in [1.82, 2.24) is 0 Å². The van der Waals surface area contributed by atoms with Gasteiger partial charge in [-0.3, -0.25) is 4.79 Å². The third-order valence-corrected chi connectivity index (χ3v) is 3.99. The Morgan fingerprint density at radius 2 is 2.20 bits per heavy atom. The first kappa shape index (κ1) is 14.9. The van der Waals surface area contributed by atoms with E-state index in [0.717, 1.165) is 19.1 Å². The summed E-state index contributed by atoms with van der Waals surface area (Å²) in [5.41, 5.74) is 0.534. The maximum Gasteiger partial charge on any atom is 0.175 e.